The van der Waals surface area contributed by atoms with E-state index in [1.165, 1.54) is 7.11 Å². The van der Waals surface area contributed by atoms with E-state index in [2.05, 4.69) is 22.0 Å². The maximum atomic E-state index is 11.5. The number of nitrogens with zero attached hydrogens (tertiary/aromatic N) is 4. The molecule has 2 heterocycles. The number of rotatable bonds is 4. The van der Waals surface area contributed by atoms with Crippen LogP contribution in [0.2, 0.25) is 0 Å². The van der Waals surface area contributed by atoms with E-state index in [-0.39, 0.29) is 18.1 Å². The fourth-order valence-electron chi connectivity index (χ4n) is 2.45. The van der Waals surface area contributed by atoms with E-state index in [4.69, 9.17) is 4.74 Å². The molecular formula is C12H20N4O2S. The lowest BCUT2D eigenvalue weighted by Crippen LogP contribution is -2.45. The Morgan fingerprint density at radius 2 is 2.47 bits per heavy atom. The molecular weight excluding hydrogens is 264 g/mol. The smallest absolute Gasteiger partial charge is 0.307 e. The third-order valence-electron chi connectivity index (χ3n) is 3.52. The van der Waals surface area contributed by atoms with Gasteiger partial charge in [0.25, 0.3) is 0 Å². The molecule has 7 heteroatoms. The van der Waals surface area contributed by atoms with Crippen LogP contribution in [0.25, 0.3) is 0 Å². The minimum atomic E-state index is -0.150. The van der Waals surface area contributed by atoms with Gasteiger partial charge < -0.3 is 9.30 Å². The monoisotopic (exact) mass is 284 g/mol. The number of aryl methyl sites for hydroxylation is 1. The minimum absolute atomic E-state index is 0.150. The van der Waals surface area contributed by atoms with Crippen LogP contribution in [0.5, 0.6) is 0 Å². The molecule has 1 aliphatic rings. The molecule has 0 radical (unpaired) electrons. The molecule has 2 unspecified atom stereocenters. The van der Waals surface area contributed by atoms with Crippen LogP contribution < -0.4 is 0 Å². The molecule has 0 amide bonds. The van der Waals surface area contributed by atoms with Crippen molar-refractivity contribution in [1.82, 2.24) is 19.7 Å². The highest BCUT2D eigenvalue weighted by molar-refractivity contribution is 7.99. The number of esters is 1. The number of hydrogen-bond acceptors (Lipinski definition) is 6. The second-order valence-corrected chi connectivity index (χ2v) is 5.87. The molecule has 19 heavy (non-hydrogen) atoms. The van der Waals surface area contributed by atoms with Gasteiger partial charge in [0.05, 0.1) is 19.6 Å². The fourth-order valence-corrected chi connectivity index (χ4v) is 3.54. The van der Waals surface area contributed by atoms with Crippen molar-refractivity contribution in [2.24, 2.45) is 7.05 Å². The van der Waals surface area contributed by atoms with Gasteiger partial charge in [-0.25, -0.2) is 0 Å². The van der Waals surface area contributed by atoms with Gasteiger partial charge >= 0.3 is 5.97 Å². The molecule has 0 aromatic carbocycles. The highest BCUT2D eigenvalue weighted by atomic mass is 32.2. The highest BCUT2D eigenvalue weighted by Gasteiger charge is 2.31. The number of ether oxygens (including phenoxy) is 1. The van der Waals surface area contributed by atoms with Crippen LogP contribution in [-0.2, 0) is 16.6 Å². The summed E-state index contributed by atoms with van der Waals surface area (Å²) in [6.07, 6.45) is 2.14. The van der Waals surface area contributed by atoms with Crippen LogP contribution in [0.3, 0.4) is 0 Å². The van der Waals surface area contributed by atoms with Gasteiger partial charge in [0.15, 0.2) is 0 Å². The number of thioether (sulfide) groups is 1. The predicted molar refractivity (Wildman–Crippen MR) is 73.9 cm³/mol. The van der Waals surface area contributed by atoms with E-state index in [0.29, 0.717) is 6.42 Å². The molecule has 1 fully saturated rings. The van der Waals surface area contributed by atoms with Gasteiger partial charge in [0.1, 0.15) is 12.2 Å². The summed E-state index contributed by atoms with van der Waals surface area (Å²) in [6.45, 7) is 3.07. The van der Waals surface area contributed by atoms with Crippen LogP contribution in [0.4, 0.5) is 0 Å². The van der Waals surface area contributed by atoms with Gasteiger partial charge in [-0.1, -0.05) is 0 Å². The van der Waals surface area contributed by atoms with E-state index in [1.807, 2.05) is 23.4 Å². The zero-order valence-electron chi connectivity index (χ0n) is 11.6. The van der Waals surface area contributed by atoms with Crippen LogP contribution in [-0.4, -0.2) is 56.8 Å². The average molecular weight is 284 g/mol. The lowest BCUT2D eigenvalue weighted by atomic mass is 10.1. The molecule has 1 saturated heterocycles. The zero-order valence-corrected chi connectivity index (χ0v) is 12.4. The third kappa shape index (κ3) is 3.27. The summed E-state index contributed by atoms with van der Waals surface area (Å²) in [7, 11) is 3.38. The molecule has 2 rings (SSSR count). The molecule has 0 bridgehead atoms. The first-order valence-electron chi connectivity index (χ1n) is 6.37. The molecule has 0 saturated carbocycles. The maximum absolute atomic E-state index is 11.5. The Kier molecular flexibility index (Phi) is 4.81. The summed E-state index contributed by atoms with van der Waals surface area (Å²) in [6, 6.07) is 0.362. The molecule has 0 spiro atoms. The number of aromatic nitrogens is 3. The van der Waals surface area contributed by atoms with E-state index in [9.17, 15) is 4.79 Å². The van der Waals surface area contributed by atoms with Crippen molar-refractivity contribution in [1.29, 1.82) is 0 Å². The van der Waals surface area contributed by atoms with E-state index < -0.39 is 0 Å². The first kappa shape index (κ1) is 14.3. The van der Waals surface area contributed by atoms with Crippen LogP contribution >= 0.6 is 11.8 Å². The molecule has 1 aromatic rings. The minimum Gasteiger partial charge on any atom is -0.469 e. The number of carbonyl (C=O) groups excluding carboxylic acids is 1. The van der Waals surface area contributed by atoms with E-state index in [0.717, 1.165) is 23.9 Å². The van der Waals surface area contributed by atoms with Crippen molar-refractivity contribution in [2.45, 2.75) is 25.4 Å². The summed E-state index contributed by atoms with van der Waals surface area (Å²) >= 11 is 1.89. The Morgan fingerprint density at radius 3 is 3.11 bits per heavy atom. The molecule has 0 aliphatic carbocycles. The van der Waals surface area contributed by atoms with Crippen LogP contribution in [0, 0.1) is 0 Å². The molecule has 0 N–H and O–H groups in total. The zero-order chi connectivity index (χ0) is 13.8. The Labute approximate surface area is 117 Å². The van der Waals surface area contributed by atoms with Gasteiger partial charge in [-0.05, 0) is 6.92 Å². The predicted octanol–water partition coefficient (Wildman–Crippen LogP) is 0.857. The summed E-state index contributed by atoms with van der Waals surface area (Å²) in [4.78, 5) is 13.8. The first-order chi connectivity index (χ1) is 9.13. The summed E-state index contributed by atoms with van der Waals surface area (Å²) in [5, 5.41) is 8.10. The van der Waals surface area contributed by atoms with Gasteiger partial charge in [-0.3, -0.25) is 9.69 Å². The van der Waals surface area contributed by atoms with Crippen molar-refractivity contribution in [2.75, 3.05) is 25.2 Å². The van der Waals surface area contributed by atoms with Gasteiger partial charge in [0.2, 0.25) is 0 Å². The highest BCUT2D eigenvalue weighted by Crippen LogP contribution is 2.28. The Balaban J connectivity index is 2.10. The van der Waals surface area contributed by atoms with E-state index in [1.54, 1.807) is 6.33 Å². The number of hydrogen-bond donors (Lipinski definition) is 0. The van der Waals surface area contributed by atoms with E-state index >= 15 is 0 Å². The second-order valence-electron chi connectivity index (χ2n) is 4.72. The topological polar surface area (TPSA) is 60.2 Å². The van der Waals surface area contributed by atoms with Crippen molar-refractivity contribution >= 4 is 17.7 Å². The molecule has 6 nitrogen and oxygen atoms in total. The molecule has 1 aromatic heterocycles. The summed E-state index contributed by atoms with van der Waals surface area (Å²) in [5.41, 5.74) is 0. The summed E-state index contributed by atoms with van der Waals surface area (Å²) < 4.78 is 6.72. The fraction of sp³-hybridized carbons (Fsp3) is 0.750. The Bertz CT molecular complexity index is 437. The SMILES string of the molecule is COC(=O)CC1CSCCN1C(C)c1nncn1C. The third-order valence-corrected chi connectivity index (χ3v) is 4.61. The van der Waals surface area contributed by atoms with Crippen LogP contribution in [0.1, 0.15) is 25.2 Å². The van der Waals surface area contributed by atoms with Crippen molar-refractivity contribution < 1.29 is 9.53 Å². The lowest BCUT2D eigenvalue weighted by Gasteiger charge is -2.38. The number of methoxy groups -OCH3 is 1. The normalized spacial score (nSPS) is 22.2. The van der Waals surface area contributed by atoms with Gasteiger partial charge in [0, 0.05) is 31.1 Å². The maximum Gasteiger partial charge on any atom is 0.307 e. The van der Waals surface area contributed by atoms with Crippen molar-refractivity contribution in [3.8, 4) is 0 Å². The second kappa shape index (κ2) is 6.38. The van der Waals surface area contributed by atoms with Gasteiger partial charge in [-0.2, -0.15) is 11.8 Å². The molecule has 1 aliphatic heterocycles. The molecule has 2 atom stereocenters. The van der Waals surface area contributed by atoms with Crippen LogP contribution in [0.15, 0.2) is 6.33 Å². The Morgan fingerprint density at radius 1 is 1.68 bits per heavy atom. The van der Waals surface area contributed by atoms with Crippen molar-refractivity contribution in [3.05, 3.63) is 12.2 Å². The standard InChI is InChI=1S/C12H20N4O2S/c1-9(12-14-13-8-15(12)2)16-4-5-19-7-10(16)6-11(17)18-3/h8-10H,4-7H2,1-3H3. The number of carbonyl (C=O) groups is 1. The van der Waals surface area contributed by atoms with Crippen molar-refractivity contribution in [3.63, 3.8) is 0 Å². The quantitative estimate of drug-likeness (QED) is 0.764. The Hall–Kier alpha value is -1.08. The lowest BCUT2D eigenvalue weighted by molar-refractivity contribution is -0.142. The summed E-state index contributed by atoms with van der Waals surface area (Å²) in [5.74, 6) is 2.82. The molecule has 106 valence electrons. The average Bonchev–Trinajstić information content (AvgIpc) is 2.84. The van der Waals surface area contributed by atoms with Gasteiger partial charge in [-0.15, -0.1) is 10.2 Å². The largest absolute Gasteiger partial charge is 0.469 e. The first-order valence-corrected chi connectivity index (χ1v) is 7.53.